The Morgan fingerprint density at radius 1 is 1.24 bits per heavy atom. The van der Waals surface area contributed by atoms with Crippen LogP contribution in [0.4, 0.5) is 0 Å². The van der Waals surface area contributed by atoms with Crippen molar-refractivity contribution < 1.29 is 14.3 Å². The summed E-state index contributed by atoms with van der Waals surface area (Å²) in [5.41, 5.74) is 1.51. The zero-order valence-corrected chi connectivity index (χ0v) is 17.0. The molecule has 0 saturated heterocycles. The maximum absolute atomic E-state index is 12.6. The number of methoxy groups -OCH3 is 2. The third kappa shape index (κ3) is 4.22. The van der Waals surface area contributed by atoms with Gasteiger partial charge in [0.1, 0.15) is 11.5 Å². The van der Waals surface area contributed by atoms with Gasteiger partial charge in [-0.2, -0.15) is 0 Å². The highest BCUT2D eigenvalue weighted by molar-refractivity contribution is 7.71. The monoisotopic (exact) mass is 411 g/mol. The fourth-order valence-electron chi connectivity index (χ4n) is 2.97. The molecule has 150 valence electrons. The molecule has 0 unspecified atom stereocenters. The van der Waals surface area contributed by atoms with Gasteiger partial charge < -0.3 is 19.8 Å². The Bertz CT molecular complexity index is 1200. The standard InChI is InChI=1S/C21H21N3O4S/c1-4-9-24-20(26)16-8-6-13(10-17(16)23-21(24)29)19(25)22-12-14-5-7-15(27-2)11-18(14)28-3/h4-8,10-11H,1,9,12H2,2-3H3,(H,22,25)(H,23,29). The first-order valence-electron chi connectivity index (χ1n) is 8.85. The van der Waals surface area contributed by atoms with Crippen LogP contribution in [0.15, 0.2) is 53.8 Å². The number of aromatic amines is 1. The summed E-state index contributed by atoms with van der Waals surface area (Å²) in [4.78, 5) is 28.2. The summed E-state index contributed by atoms with van der Waals surface area (Å²) in [5, 5.41) is 3.31. The molecule has 0 saturated carbocycles. The van der Waals surface area contributed by atoms with Gasteiger partial charge in [0.25, 0.3) is 11.5 Å². The number of ether oxygens (including phenoxy) is 2. The first-order chi connectivity index (χ1) is 14.0. The van der Waals surface area contributed by atoms with Crippen LogP contribution >= 0.6 is 12.2 Å². The minimum absolute atomic E-state index is 0.224. The van der Waals surface area contributed by atoms with Gasteiger partial charge in [-0.15, -0.1) is 6.58 Å². The molecule has 1 amide bonds. The number of nitrogens with zero attached hydrogens (tertiary/aromatic N) is 1. The van der Waals surface area contributed by atoms with Crippen molar-refractivity contribution in [1.29, 1.82) is 0 Å². The van der Waals surface area contributed by atoms with E-state index >= 15 is 0 Å². The molecule has 1 aromatic heterocycles. The van der Waals surface area contributed by atoms with Gasteiger partial charge in [0.2, 0.25) is 0 Å². The summed E-state index contributed by atoms with van der Waals surface area (Å²) >= 11 is 5.24. The van der Waals surface area contributed by atoms with Gasteiger partial charge in [0, 0.05) is 30.3 Å². The van der Waals surface area contributed by atoms with Crippen molar-refractivity contribution in [3.63, 3.8) is 0 Å². The SMILES string of the molecule is C=CCn1c(=S)[nH]c2cc(C(=O)NCc3ccc(OC)cc3OC)ccc2c1=O. The van der Waals surface area contributed by atoms with Crippen LogP contribution in [0, 0.1) is 4.77 Å². The van der Waals surface area contributed by atoms with Gasteiger partial charge >= 0.3 is 0 Å². The van der Waals surface area contributed by atoms with Crippen LogP contribution in [0.25, 0.3) is 10.9 Å². The Balaban J connectivity index is 1.85. The number of carbonyl (C=O) groups excluding carboxylic acids is 1. The molecule has 29 heavy (non-hydrogen) atoms. The summed E-state index contributed by atoms with van der Waals surface area (Å²) in [6.07, 6.45) is 1.60. The molecular formula is C21H21N3O4S. The van der Waals surface area contributed by atoms with Crippen LogP contribution in [-0.4, -0.2) is 29.7 Å². The minimum Gasteiger partial charge on any atom is -0.497 e. The number of rotatable bonds is 7. The zero-order chi connectivity index (χ0) is 21.0. The fourth-order valence-corrected chi connectivity index (χ4v) is 3.23. The molecule has 0 aliphatic heterocycles. The number of aromatic nitrogens is 2. The highest BCUT2D eigenvalue weighted by atomic mass is 32.1. The van der Waals surface area contributed by atoms with Crippen LogP contribution in [0.2, 0.25) is 0 Å². The van der Waals surface area contributed by atoms with Crippen LogP contribution in [0.3, 0.4) is 0 Å². The number of amides is 1. The third-order valence-electron chi connectivity index (χ3n) is 4.49. The first-order valence-corrected chi connectivity index (χ1v) is 9.26. The molecule has 0 atom stereocenters. The number of nitrogens with one attached hydrogen (secondary N) is 2. The predicted octanol–water partition coefficient (Wildman–Crippen LogP) is 3.19. The lowest BCUT2D eigenvalue weighted by Gasteiger charge is -2.12. The van der Waals surface area contributed by atoms with Crippen molar-refractivity contribution in [3.05, 3.63) is 75.3 Å². The average molecular weight is 411 g/mol. The van der Waals surface area contributed by atoms with Crippen molar-refractivity contribution in [1.82, 2.24) is 14.9 Å². The van der Waals surface area contributed by atoms with Gasteiger partial charge in [-0.05, 0) is 42.5 Å². The number of benzene rings is 2. The maximum Gasteiger partial charge on any atom is 0.262 e. The molecule has 0 radical (unpaired) electrons. The lowest BCUT2D eigenvalue weighted by molar-refractivity contribution is 0.0951. The van der Waals surface area contributed by atoms with E-state index in [0.29, 0.717) is 34.5 Å². The predicted molar refractivity (Wildman–Crippen MR) is 114 cm³/mol. The second-order valence-corrected chi connectivity index (χ2v) is 6.64. The van der Waals surface area contributed by atoms with E-state index in [2.05, 4.69) is 16.9 Å². The second-order valence-electron chi connectivity index (χ2n) is 6.26. The normalized spacial score (nSPS) is 10.6. The van der Waals surface area contributed by atoms with E-state index in [9.17, 15) is 9.59 Å². The van der Waals surface area contributed by atoms with Crippen LogP contribution < -0.4 is 20.3 Å². The quantitative estimate of drug-likeness (QED) is 0.461. The zero-order valence-electron chi connectivity index (χ0n) is 16.2. The largest absolute Gasteiger partial charge is 0.497 e. The summed E-state index contributed by atoms with van der Waals surface area (Å²) < 4.78 is 12.2. The van der Waals surface area contributed by atoms with Gasteiger partial charge in [0.05, 0.1) is 25.1 Å². The van der Waals surface area contributed by atoms with Crippen molar-refractivity contribution >= 4 is 29.0 Å². The highest BCUT2D eigenvalue weighted by Crippen LogP contribution is 2.24. The van der Waals surface area contributed by atoms with Gasteiger partial charge in [-0.3, -0.25) is 14.2 Å². The summed E-state index contributed by atoms with van der Waals surface area (Å²) in [6, 6.07) is 10.2. The number of hydrogen-bond acceptors (Lipinski definition) is 5. The van der Waals surface area contributed by atoms with E-state index in [1.807, 2.05) is 6.07 Å². The number of carbonyl (C=O) groups is 1. The van der Waals surface area contributed by atoms with Crippen molar-refractivity contribution in [2.45, 2.75) is 13.1 Å². The summed E-state index contributed by atoms with van der Waals surface area (Å²) in [7, 11) is 3.14. The molecule has 1 heterocycles. The molecule has 7 nitrogen and oxygen atoms in total. The smallest absolute Gasteiger partial charge is 0.262 e. The molecule has 0 aliphatic carbocycles. The van der Waals surface area contributed by atoms with E-state index in [4.69, 9.17) is 21.7 Å². The Kier molecular flexibility index (Phi) is 6.13. The van der Waals surface area contributed by atoms with Crippen LogP contribution in [0.5, 0.6) is 11.5 Å². The minimum atomic E-state index is -0.278. The molecule has 0 spiro atoms. The van der Waals surface area contributed by atoms with Gasteiger partial charge in [-0.1, -0.05) is 6.08 Å². The number of allylic oxidation sites excluding steroid dienone is 1. The van der Waals surface area contributed by atoms with E-state index in [0.717, 1.165) is 5.56 Å². The Hall–Kier alpha value is -3.39. The van der Waals surface area contributed by atoms with Crippen molar-refractivity contribution in [2.24, 2.45) is 0 Å². The Morgan fingerprint density at radius 2 is 2.03 bits per heavy atom. The summed E-state index contributed by atoms with van der Waals surface area (Å²) in [6.45, 7) is 4.23. The molecule has 0 aliphatic rings. The number of H-pyrrole nitrogens is 1. The number of fused-ring (bicyclic) bond motifs is 1. The Labute approximate surface area is 172 Å². The third-order valence-corrected chi connectivity index (χ3v) is 4.81. The first kappa shape index (κ1) is 20.3. The summed E-state index contributed by atoms with van der Waals surface area (Å²) in [5.74, 6) is 1.01. The molecule has 3 aromatic rings. The van der Waals surface area contributed by atoms with E-state index in [1.54, 1.807) is 50.6 Å². The molecular weight excluding hydrogens is 390 g/mol. The molecule has 2 N–H and O–H groups in total. The van der Waals surface area contributed by atoms with E-state index in [-0.39, 0.29) is 22.8 Å². The van der Waals surface area contributed by atoms with Crippen LogP contribution in [0.1, 0.15) is 15.9 Å². The average Bonchev–Trinajstić information content (AvgIpc) is 2.74. The van der Waals surface area contributed by atoms with Crippen molar-refractivity contribution in [3.8, 4) is 11.5 Å². The van der Waals surface area contributed by atoms with Gasteiger partial charge in [0.15, 0.2) is 4.77 Å². The van der Waals surface area contributed by atoms with Crippen molar-refractivity contribution in [2.75, 3.05) is 14.2 Å². The van der Waals surface area contributed by atoms with E-state index < -0.39 is 0 Å². The second kappa shape index (κ2) is 8.74. The molecule has 2 aromatic carbocycles. The molecule has 3 rings (SSSR count). The lowest BCUT2D eigenvalue weighted by atomic mass is 10.1. The molecule has 0 fully saturated rings. The van der Waals surface area contributed by atoms with E-state index in [1.165, 1.54) is 4.57 Å². The lowest BCUT2D eigenvalue weighted by Crippen LogP contribution is -2.24. The fraction of sp³-hybridized carbons (Fsp3) is 0.190. The van der Waals surface area contributed by atoms with Gasteiger partial charge in [-0.25, -0.2) is 0 Å². The Morgan fingerprint density at radius 3 is 2.72 bits per heavy atom. The number of hydrogen-bond donors (Lipinski definition) is 2. The van der Waals surface area contributed by atoms with Crippen LogP contribution in [-0.2, 0) is 13.1 Å². The maximum atomic E-state index is 12.6. The topological polar surface area (TPSA) is 85.3 Å². The highest BCUT2D eigenvalue weighted by Gasteiger charge is 2.12. The molecule has 0 bridgehead atoms. The molecule has 8 heteroatoms.